The van der Waals surface area contributed by atoms with Gasteiger partial charge in [0.1, 0.15) is 18.3 Å². The highest BCUT2D eigenvalue weighted by atomic mass is 35.5. The monoisotopic (exact) mass is 535 g/mol. The van der Waals surface area contributed by atoms with E-state index in [2.05, 4.69) is 5.32 Å². The summed E-state index contributed by atoms with van der Waals surface area (Å²) >= 11 is 6.38. The first kappa shape index (κ1) is 27.8. The van der Waals surface area contributed by atoms with Gasteiger partial charge in [0.25, 0.3) is 0 Å². The van der Waals surface area contributed by atoms with Gasteiger partial charge in [-0.15, -0.1) is 0 Å². The zero-order valence-corrected chi connectivity index (χ0v) is 22.5. The Bertz CT molecular complexity index is 1150. The van der Waals surface area contributed by atoms with Crippen LogP contribution in [0, 0.1) is 0 Å². The van der Waals surface area contributed by atoms with Gasteiger partial charge in [-0.2, -0.15) is 0 Å². The molecule has 8 nitrogen and oxygen atoms in total. The van der Waals surface area contributed by atoms with Gasteiger partial charge >= 0.3 is 0 Å². The average Bonchev–Trinajstić information content (AvgIpc) is 3.36. The Morgan fingerprint density at radius 3 is 2.31 bits per heavy atom. The van der Waals surface area contributed by atoms with Crippen LogP contribution in [0.5, 0.6) is 5.75 Å². The number of anilines is 1. The zero-order valence-electron chi connectivity index (χ0n) is 20.9. The maximum absolute atomic E-state index is 13.7. The molecule has 3 rings (SSSR count). The number of sulfonamides is 1. The second-order valence-corrected chi connectivity index (χ2v) is 11.3. The lowest BCUT2D eigenvalue weighted by Gasteiger charge is -2.33. The maximum atomic E-state index is 13.7. The number of nitrogens with one attached hydrogen (secondary N) is 1. The summed E-state index contributed by atoms with van der Waals surface area (Å²) in [6, 6.07) is 12.8. The van der Waals surface area contributed by atoms with Crippen LogP contribution in [0.2, 0.25) is 5.02 Å². The molecular weight excluding hydrogens is 502 g/mol. The van der Waals surface area contributed by atoms with Crippen LogP contribution in [0.4, 0.5) is 5.69 Å². The predicted octanol–water partition coefficient (Wildman–Crippen LogP) is 3.98. The molecule has 2 aromatic rings. The molecule has 0 radical (unpaired) electrons. The molecule has 0 spiro atoms. The number of hydrogen-bond donors (Lipinski definition) is 1. The second-order valence-electron chi connectivity index (χ2n) is 8.99. The molecular formula is C26H34ClN3O5S. The first-order valence-electron chi connectivity index (χ1n) is 12.1. The Labute approximate surface area is 218 Å². The number of carbonyl (C=O) groups excluding carboxylic acids is 2. The van der Waals surface area contributed by atoms with Gasteiger partial charge < -0.3 is 15.0 Å². The summed E-state index contributed by atoms with van der Waals surface area (Å²) in [5.74, 6) is -0.168. The van der Waals surface area contributed by atoms with E-state index in [0.29, 0.717) is 28.4 Å². The minimum Gasteiger partial charge on any atom is -0.497 e. The van der Waals surface area contributed by atoms with Crippen LogP contribution in [0.3, 0.4) is 0 Å². The second kappa shape index (κ2) is 12.5. The first-order valence-corrected chi connectivity index (χ1v) is 14.3. The van der Waals surface area contributed by atoms with Crippen molar-refractivity contribution in [2.24, 2.45) is 0 Å². The molecule has 0 aromatic heterocycles. The molecule has 36 heavy (non-hydrogen) atoms. The molecule has 10 heteroatoms. The summed E-state index contributed by atoms with van der Waals surface area (Å²) in [6.45, 7) is 1.46. The van der Waals surface area contributed by atoms with Gasteiger partial charge in [-0.05, 0) is 55.2 Å². The summed E-state index contributed by atoms with van der Waals surface area (Å²) in [4.78, 5) is 28.5. The minimum absolute atomic E-state index is 0.0787. The number of methoxy groups -OCH3 is 1. The molecule has 1 atom stereocenters. The van der Waals surface area contributed by atoms with E-state index in [4.69, 9.17) is 16.3 Å². The van der Waals surface area contributed by atoms with Gasteiger partial charge in [0.15, 0.2) is 0 Å². The van der Waals surface area contributed by atoms with Crippen LogP contribution < -0.4 is 14.4 Å². The fourth-order valence-corrected chi connectivity index (χ4v) is 5.50. The Morgan fingerprint density at radius 2 is 1.75 bits per heavy atom. The third-order valence-electron chi connectivity index (χ3n) is 6.43. The summed E-state index contributed by atoms with van der Waals surface area (Å²) in [5.41, 5.74) is 1.00. The first-order chi connectivity index (χ1) is 17.1. The van der Waals surface area contributed by atoms with E-state index in [1.54, 1.807) is 42.5 Å². The van der Waals surface area contributed by atoms with E-state index in [9.17, 15) is 18.0 Å². The standard InChI is InChI=1S/C26H34ClN3O5S/c1-4-24(26(32)28-20-10-6-7-11-20)29(17-19-9-5-8-12-23(19)27)25(31)18-30(36(3,33)34)21-13-15-22(35-2)16-14-21/h5,8-9,12-16,20,24H,4,6-7,10-11,17-18H2,1-3H3,(H,28,32)/t24-/m1/s1. The van der Waals surface area contributed by atoms with Crippen LogP contribution in [0.25, 0.3) is 0 Å². The molecule has 0 bridgehead atoms. The molecule has 2 aromatic carbocycles. The topological polar surface area (TPSA) is 96.0 Å². The van der Waals surface area contributed by atoms with Gasteiger partial charge in [0, 0.05) is 17.6 Å². The molecule has 1 aliphatic carbocycles. The number of nitrogens with zero attached hydrogens (tertiary/aromatic N) is 2. The normalized spacial score (nSPS) is 14.8. The molecule has 2 amide bonds. The maximum Gasteiger partial charge on any atom is 0.244 e. The molecule has 0 saturated heterocycles. The van der Waals surface area contributed by atoms with Gasteiger partial charge in [-0.1, -0.05) is 49.6 Å². The van der Waals surface area contributed by atoms with Crippen LogP contribution in [-0.2, 0) is 26.2 Å². The minimum atomic E-state index is -3.80. The molecule has 0 unspecified atom stereocenters. The SMILES string of the molecule is CC[C@H](C(=O)NC1CCCC1)N(Cc1ccccc1Cl)C(=O)CN(c1ccc(OC)cc1)S(C)(=O)=O. The molecule has 1 aliphatic rings. The highest BCUT2D eigenvalue weighted by Gasteiger charge is 2.33. The van der Waals surface area contributed by atoms with Crippen molar-refractivity contribution < 1.29 is 22.7 Å². The van der Waals surface area contributed by atoms with Gasteiger partial charge in [-0.3, -0.25) is 13.9 Å². The number of rotatable bonds is 11. The molecule has 1 fully saturated rings. The molecule has 0 heterocycles. The number of ether oxygens (including phenoxy) is 1. The third-order valence-corrected chi connectivity index (χ3v) is 7.93. The van der Waals surface area contributed by atoms with E-state index in [0.717, 1.165) is 36.2 Å². The number of carbonyl (C=O) groups is 2. The predicted molar refractivity (Wildman–Crippen MR) is 142 cm³/mol. The van der Waals surface area contributed by atoms with Crippen molar-refractivity contribution in [2.45, 2.75) is 57.7 Å². The molecule has 196 valence electrons. The fourth-order valence-electron chi connectivity index (χ4n) is 4.46. The number of benzene rings is 2. The van der Waals surface area contributed by atoms with Crippen LogP contribution >= 0.6 is 11.6 Å². The summed E-state index contributed by atoms with van der Waals surface area (Å²) < 4.78 is 31.6. The van der Waals surface area contributed by atoms with Crippen LogP contribution in [0.1, 0.15) is 44.6 Å². The van der Waals surface area contributed by atoms with Gasteiger partial charge in [0.05, 0.1) is 19.1 Å². The van der Waals surface area contributed by atoms with E-state index < -0.39 is 28.5 Å². The van der Waals surface area contributed by atoms with Gasteiger partial charge in [0.2, 0.25) is 21.8 Å². The van der Waals surface area contributed by atoms with E-state index in [1.165, 1.54) is 12.0 Å². The lowest BCUT2D eigenvalue weighted by atomic mass is 10.1. The lowest BCUT2D eigenvalue weighted by Crippen LogP contribution is -2.53. The van der Waals surface area contributed by atoms with Gasteiger partial charge in [-0.25, -0.2) is 8.42 Å². The van der Waals surface area contributed by atoms with Crippen molar-refractivity contribution in [2.75, 3.05) is 24.2 Å². The third kappa shape index (κ3) is 7.13. The Hall–Kier alpha value is -2.78. The number of hydrogen-bond acceptors (Lipinski definition) is 5. The van der Waals surface area contributed by atoms with Crippen LogP contribution in [-0.4, -0.2) is 57.1 Å². The fraction of sp³-hybridized carbons (Fsp3) is 0.462. The highest BCUT2D eigenvalue weighted by Crippen LogP contribution is 2.24. The van der Waals surface area contributed by atoms with Crippen LogP contribution in [0.15, 0.2) is 48.5 Å². The molecule has 0 aliphatic heterocycles. The summed E-state index contributed by atoms with van der Waals surface area (Å²) in [6.07, 6.45) is 5.38. The lowest BCUT2D eigenvalue weighted by molar-refractivity contribution is -0.140. The smallest absolute Gasteiger partial charge is 0.244 e. The number of amides is 2. The van der Waals surface area contributed by atoms with Crippen molar-refractivity contribution in [3.63, 3.8) is 0 Å². The summed E-state index contributed by atoms with van der Waals surface area (Å²) in [5, 5.41) is 3.55. The number of halogens is 1. The Morgan fingerprint density at radius 1 is 1.11 bits per heavy atom. The van der Waals surface area contributed by atoms with E-state index in [1.807, 2.05) is 13.0 Å². The Kier molecular flexibility index (Phi) is 9.62. The zero-order chi connectivity index (χ0) is 26.3. The van der Waals surface area contributed by atoms with Crippen molar-refractivity contribution in [3.8, 4) is 5.75 Å². The molecule has 1 N–H and O–H groups in total. The highest BCUT2D eigenvalue weighted by molar-refractivity contribution is 7.92. The van der Waals surface area contributed by atoms with Crippen molar-refractivity contribution in [3.05, 3.63) is 59.1 Å². The largest absolute Gasteiger partial charge is 0.497 e. The van der Waals surface area contributed by atoms with Crippen molar-refractivity contribution >= 4 is 39.1 Å². The van der Waals surface area contributed by atoms with Crippen molar-refractivity contribution in [1.29, 1.82) is 0 Å². The van der Waals surface area contributed by atoms with E-state index >= 15 is 0 Å². The molecule has 1 saturated carbocycles. The quantitative estimate of drug-likeness (QED) is 0.469. The van der Waals surface area contributed by atoms with Crippen molar-refractivity contribution in [1.82, 2.24) is 10.2 Å². The Balaban J connectivity index is 1.92. The average molecular weight is 536 g/mol. The summed E-state index contributed by atoms with van der Waals surface area (Å²) in [7, 11) is -2.29. The van der Waals surface area contributed by atoms with E-state index in [-0.39, 0.29) is 18.5 Å².